The van der Waals surface area contributed by atoms with Gasteiger partial charge in [-0.15, -0.1) is 0 Å². The lowest BCUT2D eigenvalue weighted by Gasteiger charge is -2.46. The van der Waals surface area contributed by atoms with E-state index in [0.717, 1.165) is 43.1 Å². The highest BCUT2D eigenvalue weighted by Gasteiger charge is 2.46. The molecule has 1 aliphatic rings. The molecule has 27 heavy (non-hydrogen) atoms. The molecule has 3 heteroatoms. The summed E-state index contributed by atoms with van der Waals surface area (Å²) in [4.78, 5) is 6.30. The van der Waals surface area contributed by atoms with Gasteiger partial charge in [-0.05, 0) is 60.2 Å². The first-order valence-corrected chi connectivity index (χ1v) is 10.1. The van der Waals surface area contributed by atoms with Crippen LogP contribution in [0.3, 0.4) is 0 Å². The van der Waals surface area contributed by atoms with Crippen molar-refractivity contribution in [2.75, 3.05) is 19.6 Å². The molecule has 142 valence electrons. The highest BCUT2D eigenvalue weighted by molar-refractivity contribution is 6.30. The molecule has 3 rings (SSSR count). The second-order valence-corrected chi connectivity index (χ2v) is 9.27. The van der Waals surface area contributed by atoms with Gasteiger partial charge in [0, 0.05) is 17.0 Å². The lowest BCUT2D eigenvalue weighted by molar-refractivity contribution is 0.0173. The van der Waals surface area contributed by atoms with Gasteiger partial charge in [-0.25, -0.2) is 6.57 Å². The predicted molar refractivity (Wildman–Crippen MR) is 115 cm³/mol. The fourth-order valence-corrected chi connectivity index (χ4v) is 4.35. The molecule has 0 aliphatic carbocycles. The second kappa shape index (κ2) is 8.05. The van der Waals surface area contributed by atoms with Crippen molar-refractivity contribution in [3.05, 3.63) is 70.5 Å². The van der Waals surface area contributed by atoms with E-state index in [0.29, 0.717) is 6.54 Å². The summed E-state index contributed by atoms with van der Waals surface area (Å²) in [6, 6.07) is 16.8. The molecule has 0 aromatic heterocycles. The third-order valence-corrected chi connectivity index (χ3v) is 6.54. The van der Waals surface area contributed by atoms with E-state index >= 15 is 0 Å². The van der Waals surface area contributed by atoms with Gasteiger partial charge in [0.25, 0.3) is 0 Å². The van der Waals surface area contributed by atoms with Crippen molar-refractivity contribution in [3.63, 3.8) is 0 Å². The van der Waals surface area contributed by atoms with Crippen LogP contribution in [0.2, 0.25) is 5.02 Å². The number of piperidine rings is 1. The molecule has 0 spiro atoms. The average Bonchev–Trinajstić information content (AvgIpc) is 2.63. The second-order valence-electron chi connectivity index (χ2n) is 8.83. The van der Waals surface area contributed by atoms with Crippen molar-refractivity contribution in [1.82, 2.24) is 4.90 Å². The number of hydrogen-bond donors (Lipinski definition) is 0. The molecule has 0 unspecified atom stereocenters. The van der Waals surface area contributed by atoms with E-state index in [2.05, 4.69) is 60.8 Å². The molecule has 0 bridgehead atoms. The topological polar surface area (TPSA) is 7.60 Å². The fourth-order valence-electron chi connectivity index (χ4n) is 4.16. The number of nitrogens with zero attached hydrogens (tertiary/aromatic N) is 2. The van der Waals surface area contributed by atoms with Gasteiger partial charge in [0.1, 0.15) is 0 Å². The summed E-state index contributed by atoms with van der Waals surface area (Å²) in [5.74, 6) is 0. The largest absolute Gasteiger partial charge is 0.316 e. The van der Waals surface area contributed by atoms with Gasteiger partial charge in [-0.2, -0.15) is 0 Å². The van der Waals surface area contributed by atoms with Gasteiger partial charge in [-0.1, -0.05) is 68.8 Å². The molecule has 0 radical (unpaired) electrons. The first-order chi connectivity index (χ1) is 12.8. The van der Waals surface area contributed by atoms with Crippen molar-refractivity contribution in [2.45, 2.75) is 40.2 Å². The zero-order chi connectivity index (χ0) is 19.5. The van der Waals surface area contributed by atoms with Crippen molar-refractivity contribution in [2.24, 2.45) is 10.8 Å². The standard InChI is InChI=1S/C24H29ClN2/c1-23(2,3)24(18-26-4)12-14-27(15-13-24)17-19-8-10-20(11-9-19)21-6-5-7-22(25)16-21/h5-11,16H,12-15,17-18H2,1-3H3. The SMILES string of the molecule is [C-]#[N+]CC1(C(C)(C)C)CCN(Cc2ccc(-c3cccc(Cl)c3)cc2)CC1. The van der Waals surface area contributed by atoms with Crippen LogP contribution in [0.15, 0.2) is 48.5 Å². The average molecular weight is 381 g/mol. The zero-order valence-electron chi connectivity index (χ0n) is 16.6. The van der Waals surface area contributed by atoms with Crippen LogP contribution in [0.5, 0.6) is 0 Å². The predicted octanol–water partition coefficient (Wildman–Crippen LogP) is 6.55. The van der Waals surface area contributed by atoms with Gasteiger partial charge in [0.15, 0.2) is 0 Å². The monoisotopic (exact) mass is 380 g/mol. The van der Waals surface area contributed by atoms with Crippen LogP contribution in [0.25, 0.3) is 16.0 Å². The molecule has 0 N–H and O–H groups in total. The lowest BCUT2D eigenvalue weighted by atomic mass is 9.61. The van der Waals surface area contributed by atoms with Crippen molar-refractivity contribution in [1.29, 1.82) is 0 Å². The molecule has 2 aromatic carbocycles. The smallest absolute Gasteiger partial charge is 0.220 e. The highest BCUT2D eigenvalue weighted by Crippen LogP contribution is 2.47. The summed E-state index contributed by atoms with van der Waals surface area (Å²) >= 11 is 6.11. The maximum absolute atomic E-state index is 7.38. The van der Waals surface area contributed by atoms with Gasteiger partial charge in [0.05, 0.1) is 0 Å². The summed E-state index contributed by atoms with van der Waals surface area (Å²) in [6.07, 6.45) is 2.22. The molecule has 1 aliphatic heterocycles. The van der Waals surface area contributed by atoms with Gasteiger partial charge >= 0.3 is 0 Å². The normalized spacial score (nSPS) is 17.4. The van der Waals surface area contributed by atoms with E-state index < -0.39 is 0 Å². The Labute approximate surface area is 169 Å². The minimum atomic E-state index is 0.154. The van der Waals surface area contributed by atoms with E-state index in [1.165, 1.54) is 11.1 Å². The summed E-state index contributed by atoms with van der Waals surface area (Å²) in [5, 5.41) is 0.770. The van der Waals surface area contributed by atoms with E-state index in [1.807, 2.05) is 18.2 Å². The number of hydrogen-bond acceptors (Lipinski definition) is 1. The van der Waals surface area contributed by atoms with Gasteiger partial charge in [-0.3, -0.25) is 4.90 Å². The lowest BCUT2D eigenvalue weighted by Crippen LogP contribution is -2.47. The molecule has 1 fully saturated rings. The number of rotatable bonds is 4. The molecular weight excluding hydrogens is 352 g/mol. The summed E-state index contributed by atoms with van der Waals surface area (Å²) in [7, 11) is 0. The van der Waals surface area contributed by atoms with Crippen LogP contribution in [0.1, 0.15) is 39.2 Å². The molecule has 1 heterocycles. The quantitative estimate of drug-likeness (QED) is 0.545. The van der Waals surface area contributed by atoms with Gasteiger partial charge < -0.3 is 4.85 Å². The van der Waals surface area contributed by atoms with Crippen LogP contribution >= 0.6 is 11.6 Å². The molecule has 1 saturated heterocycles. The molecule has 0 amide bonds. The Hall–Kier alpha value is -1.82. The molecule has 0 atom stereocenters. The van der Waals surface area contributed by atoms with Crippen molar-refractivity contribution in [3.8, 4) is 11.1 Å². The first-order valence-electron chi connectivity index (χ1n) is 9.73. The minimum absolute atomic E-state index is 0.154. The molecule has 2 nitrogen and oxygen atoms in total. The maximum atomic E-state index is 7.38. The Morgan fingerprint density at radius 1 is 1.04 bits per heavy atom. The Morgan fingerprint density at radius 3 is 2.26 bits per heavy atom. The van der Waals surface area contributed by atoms with E-state index in [-0.39, 0.29) is 10.8 Å². The highest BCUT2D eigenvalue weighted by atomic mass is 35.5. The van der Waals surface area contributed by atoms with E-state index in [1.54, 1.807) is 0 Å². The number of benzene rings is 2. The molecular formula is C24H29ClN2. The van der Waals surface area contributed by atoms with Crippen LogP contribution in [-0.4, -0.2) is 24.5 Å². The Bertz CT molecular complexity index is 804. The summed E-state index contributed by atoms with van der Waals surface area (Å²) in [5.41, 5.74) is 4.03. The van der Waals surface area contributed by atoms with Crippen LogP contribution < -0.4 is 0 Å². The Kier molecular flexibility index (Phi) is 5.94. The summed E-state index contributed by atoms with van der Waals surface area (Å²) in [6.45, 7) is 18.0. The van der Waals surface area contributed by atoms with Gasteiger partial charge in [0.2, 0.25) is 6.54 Å². The fraction of sp³-hybridized carbons (Fsp3) is 0.458. The molecule has 0 saturated carbocycles. The summed E-state index contributed by atoms with van der Waals surface area (Å²) < 4.78 is 0. The van der Waals surface area contributed by atoms with Crippen LogP contribution in [-0.2, 0) is 6.54 Å². The Balaban J connectivity index is 1.63. The van der Waals surface area contributed by atoms with Crippen molar-refractivity contribution < 1.29 is 0 Å². The van der Waals surface area contributed by atoms with E-state index in [4.69, 9.17) is 18.2 Å². The third kappa shape index (κ3) is 4.54. The van der Waals surface area contributed by atoms with Crippen LogP contribution in [0, 0.1) is 17.4 Å². The van der Waals surface area contributed by atoms with Crippen molar-refractivity contribution >= 4 is 11.6 Å². The van der Waals surface area contributed by atoms with Crippen LogP contribution in [0.4, 0.5) is 0 Å². The number of likely N-dealkylation sites (tertiary alicyclic amines) is 1. The first kappa shape index (κ1) is 19.9. The third-order valence-electron chi connectivity index (χ3n) is 6.30. The van der Waals surface area contributed by atoms with E-state index in [9.17, 15) is 0 Å². The zero-order valence-corrected chi connectivity index (χ0v) is 17.4. The molecule has 2 aromatic rings. The minimum Gasteiger partial charge on any atom is -0.316 e. The number of halogens is 1. The Morgan fingerprint density at radius 2 is 1.70 bits per heavy atom. The maximum Gasteiger partial charge on any atom is 0.220 e.